The summed E-state index contributed by atoms with van der Waals surface area (Å²) in [6, 6.07) is 10.7. The molecule has 1 saturated heterocycles. The molecule has 5 nitrogen and oxygen atoms in total. The number of rotatable bonds is 6. The molecule has 1 atom stereocenters. The number of hydrogen-bond acceptors (Lipinski definition) is 5. The molecule has 0 spiro atoms. The highest BCUT2D eigenvalue weighted by atomic mass is 35.5. The van der Waals surface area contributed by atoms with Crippen LogP contribution in [0.25, 0.3) is 0 Å². The molecule has 1 aliphatic rings. The van der Waals surface area contributed by atoms with Gasteiger partial charge in [-0.05, 0) is 25.3 Å². The molecule has 2 aromatic rings. The van der Waals surface area contributed by atoms with E-state index in [2.05, 4.69) is 51.8 Å². The average Bonchev–Trinajstić information content (AvgIpc) is 2.63. The van der Waals surface area contributed by atoms with Gasteiger partial charge in [0.25, 0.3) is 0 Å². The van der Waals surface area contributed by atoms with Crippen molar-refractivity contribution >= 4 is 17.4 Å². The van der Waals surface area contributed by atoms with Crippen LogP contribution in [0.4, 0.5) is 5.82 Å². The van der Waals surface area contributed by atoms with Crippen molar-refractivity contribution in [2.75, 3.05) is 25.1 Å². The van der Waals surface area contributed by atoms with Crippen molar-refractivity contribution in [3.8, 4) is 0 Å². The van der Waals surface area contributed by atoms with E-state index in [0.29, 0.717) is 10.8 Å². The molecule has 6 heteroatoms. The average molecular weight is 347 g/mol. The Hall–Kier alpha value is -1.69. The number of aromatic nitrogens is 2. The third-order valence-electron chi connectivity index (χ3n) is 4.53. The monoisotopic (exact) mass is 346 g/mol. The summed E-state index contributed by atoms with van der Waals surface area (Å²) in [5.74, 6) is 0.673. The fourth-order valence-corrected chi connectivity index (χ4v) is 3.29. The molecular formula is C18H23ClN4O. The normalized spacial score (nSPS) is 18.1. The van der Waals surface area contributed by atoms with Gasteiger partial charge in [-0.3, -0.25) is 0 Å². The third kappa shape index (κ3) is 4.23. The van der Waals surface area contributed by atoms with Crippen LogP contribution in [-0.4, -0.2) is 35.3 Å². The maximum absolute atomic E-state index is 6.16. The highest BCUT2D eigenvalue weighted by Crippen LogP contribution is 2.27. The van der Waals surface area contributed by atoms with Gasteiger partial charge in [0.1, 0.15) is 17.2 Å². The van der Waals surface area contributed by atoms with Crippen LogP contribution in [0.2, 0.25) is 5.02 Å². The zero-order valence-electron chi connectivity index (χ0n) is 13.8. The summed E-state index contributed by atoms with van der Waals surface area (Å²) in [5, 5.41) is 7.73. The smallest absolute Gasteiger partial charge is 0.148 e. The van der Waals surface area contributed by atoms with Crippen molar-refractivity contribution in [2.24, 2.45) is 0 Å². The number of nitrogens with one attached hydrogen (secondary N) is 2. The van der Waals surface area contributed by atoms with E-state index in [4.69, 9.17) is 16.3 Å². The van der Waals surface area contributed by atoms with Crippen molar-refractivity contribution < 1.29 is 4.74 Å². The molecule has 128 valence electrons. The molecule has 2 heterocycles. The first kappa shape index (κ1) is 17.1. The number of anilines is 1. The molecule has 0 amide bonds. The van der Waals surface area contributed by atoms with Crippen LogP contribution in [0.15, 0.2) is 42.9 Å². The van der Waals surface area contributed by atoms with Gasteiger partial charge in [-0.1, -0.05) is 41.9 Å². The van der Waals surface area contributed by atoms with Crippen molar-refractivity contribution in [3.05, 3.63) is 53.4 Å². The number of ether oxygens (including phenoxy) is 1. The van der Waals surface area contributed by atoms with Crippen LogP contribution < -0.4 is 10.6 Å². The van der Waals surface area contributed by atoms with Crippen LogP contribution in [0.1, 0.15) is 31.4 Å². The van der Waals surface area contributed by atoms with Crippen molar-refractivity contribution in [1.82, 2.24) is 15.3 Å². The fourth-order valence-electron chi connectivity index (χ4n) is 3.11. The van der Waals surface area contributed by atoms with Crippen LogP contribution in [0.5, 0.6) is 0 Å². The first-order chi connectivity index (χ1) is 11.7. The first-order valence-corrected chi connectivity index (χ1v) is 8.66. The van der Waals surface area contributed by atoms with Crippen molar-refractivity contribution in [1.29, 1.82) is 0 Å². The van der Waals surface area contributed by atoms with Crippen molar-refractivity contribution in [2.45, 2.75) is 31.3 Å². The molecule has 1 fully saturated rings. The summed E-state index contributed by atoms with van der Waals surface area (Å²) in [6.45, 7) is 4.45. The van der Waals surface area contributed by atoms with Gasteiger partial charge in [0.05, 0.1) is 6.20 Å². The number of hydrogen-bond donors (Lipinski definition) is 2. The second-order valence-corrected chi connectivity index (χ2v) is 6.65. The molecule has 0 bridgehead atoms. The standard InChI is InChI=1S/C18H23ClN4O/c1-14(15-5-3-2-4-6-15)23-18(7-9-24-10-8-18)12-21-17-16(19)11-20-13-22-17/h2-6,11,13-14,23H,7-10,12H2,1H3,(H,20,21,22). The summed E-state index contributed by atoms with van der Waals surface area (Å²) in [5.41, 5.74) is 1.23. The first-order valence-electron chi connectivity index (χ1n) is 8.28. The lowest BCUT2D eigenvalue weighted by atomic mass is 9.88. The third-order valence-corrected chi connectivity index (χ3v) is 4.81. The van der Waals surface area contributed by atoms with Gasteiger partial charge in [0.2, 0.25) is 0 Å². The predicted octanol–water partition coefficient (Wildman–Crippen LogP) is 3.44. The summed E-state index contributed by atoms with van der Waals surface area (Å²) in [4.78, 5) is 8.14. The maximum atomic E-state index is 6.16. The quantitative estimate of drug-likeness (QED) is 0.839. The molecule has 0 radical (unpaired) electrons. The Kier molecular flexibility index (Phi) is 5.66. The molecule has 1 unspecified atom stereocenters. The Bertz CT molecular complexity index is 646. The van der Waals surface area contributed by atoms with Gasteiger partial charge in [-0.15, -0.1) is 0 Å². The molecule has 1 aromatic carbocycles. The lowest BCUT2D eigenvalue weighted by molar-refractivity contribution is 0.0389. The minimum Gasteiger partial charge on any atom is -0.381 e. The number of nitrogens with zero attached hydrogens (tertiary/aromatic N) is 2. The van der Waals surface area contributed by atoms with Crippen LogP contribution in [0, 0.1) is 0 Å². The lowest BCUT2D eigenvalue weighted by Gasteiger charge is -2.40. The Morgan fingerprint density at radius 1 is 1.25 bits per heavy atom. The van der Waals surface area contributed by atoms with E-state index in [-0.39, 0.29) is 11.6 Å². The number of halogens is 1. The van der Waals surface area contributed by atoms with E-state index >= 15 is 0 Å². The Labute approximate surface area is 147 Å². The van der Waals surface area contributed by atoms with E-state index in [1.165, 1.54) is 11.9 Å². The predicted molar refractivity (Wildman–Crippen MR) is 96.3 cm³/mol. The molecular weight excluding hydrogens is 324 g/mol. The van der Waals surface area contributed by atoms with E-state index in [1.54, 1.807) is 6.20 Å². The summed E-state index contributed by atoms with van der Waals surface area (Å²) in [7, 11) is 0. The second kappa shape index (κ2) is 7.92. The Balaban J connectivity index is 1.71. The van der Waals surface area contributed by atoms with Crippen LogP contribution in [0.3, 0.4) is 0 Å². The largest absolute Gasteiger partial charge is 0.381 e. The zero-order chi connectivity index (χ0) is 16.8. The highest BCUT2D eigenvalue weighted by molar-refractivity contribution is 6.32. The summed E-state index contributed by atoms with van der Waals surface area (Å²) in [6.07, 6.45) is 5.00. The lowest BCUT2D eigenvalue weighted by Crippen LogP contribution is -2.54. The maximum Gasteiger partial charge on any atom is 0.148 e. The van der Waals surface area contributed by atoms with E-state index in [0.717, 1.165) is 32.6 Å². The Morgan fingerprint density at radius 2 is 2.00 bits per heavy atom. The van der Waals surface area contributed by atoms with Crippen LogP contribution >= 0.6 is 11.6 Å². The number of benzene rings is 1. The molecule has 1 aliphatic heterocycles. The topological polar surface area (TPSA) is 59.1 Å². The molecule has 3 rings (SSSR count). The van der Waals surface area contributed by atoms with Gasteiger partial charge in [-0.2, -0.15) is 0 Å². The SMILES string of the molecule is CC(NC1(CNc2ncncc2Cl)CCOCC1)c1ccccc1. The van der Waals surface area contributed by atoms with Gasteiger partial charge >= 0.3 is 0 Å². The second-order valence-electron chi connectivity index (χ2n) is 6.24. The molecule has 1 aromatic heterocycles. The van der Waals surface area contributed by atoms with Crippen molar-refractivity contribution in [3.63, 3.8) is 0 Å². The zero-order valence-corrected chi connectivity index (χ0v) is 14.6. The van der Waals surface area contributed by atoms with E-state index in [9.17, 15) is 0 Å². The molecule has 24 heavy (non-hydrogen) atoms. The minimum absolute atomic E-state index is 0.0538. The molecule has 2 N–H and O–H groups in total. The van der Waals surface area contributed by atoms with E-state index < -0.39 is 0 Å². The summed E-state index contributed by atoms with van der Waals surface area (Å²) >= 11 is 6.16. The molecule has 0 saturated carbocycles. The van der Waals surface area contributed by atoms with Crippen LogP contribution in [-0.2, 0) is 4.74 Å². The van der Waals surface area contributed by atoms with Gasteiger partial charge in [0, 0.05) is 31.3 Å². The van der Waals surface area contributed by atoms with Gasteiger partial charge in [0.15, 0.2) is 0 Å². The van der Waals surface area contributed by atoms with Gasteiger partial charge < -0.3 is 15.4 Å². The van der Waals surface area contributed by atoms with E-state index in [1.807, 2.05) is 6.07 Å². The Morgan fingerprint density at radius 3 is 2.71 bits per heavy atom. The summed E-state index contributed by atoms with van der Waals surface area (Å²) < 4.78 is 5.57. The highest BCUT2D eigenvalue weighted by Gasteiger charge is 2.34. The minimum atomic E-state index is -0.0538. The molecule has 0 aliphatic carbocycles. The fraction of sp³-hybridized carbons (Fsp3) is 0.444. The van der Waals surface area contributed by atoms with Gasteiger partial charge in [-0.25, -0.2) is 9.97 Å².